The van der Waals surface area contributed by atoms with Gasteiger partial charge >= 0.3 is 5.97 Å². The molecule has 2 aliphatic heterocycles. The van der Waals surface area contributed by atoms with Crippen LogP contribution in [0.3, 0.4) is 0 Å². The Morgan fingerprint density at radius 3 is 2.62 bits per heavy atom. The number of pyridine rings is 1. The first-order valence-corrected chi connectivity index (χ1v) is 12.0. The standard InChI is InChI=1S/C29H31N3O2/c1-28(2,3)16-11-12-21-19(13-16)29(4,5)20-15-32-23-10-8-7-9-17(23)18-14-22(27(33)34-6)31-25(26(18)32)24(20)30-21/h7-14,20,24,30H,15H2,1-6H3. The van der Waals surface area contributed by atoms with Crippen molar-refractivity contribution in [1.82, 2.24) is 9.55 Å². The number of anilines is 1. The molecule has 2 aromatic heterocycles. The monoisotopic (exact) mass is 453 g/mol. The SMILES string of the molecule is COC(=O)c1cc2c3ccccc3n3c2c(n1)C1Nc2ccc(C(C)(C)C)cc2C(C)(C)C1C3. The van der Waals surface area contributed by atoms with Crippen molar-refractivity contribution in [3.63, 3.8) is 0 Å². The van der Waals surface area contributed by atoms with Crippen LogP contribution in [0.2, 0.25) is 0 Å². The molecule has 0 amide bonds. The van der Waals surface area contributed by atoms with Gasteiger partial charge in [0.05, 0.1) is 24.4 Å². The summed E-state index contributed by atoms with van der Waals surface area (Å²) < 4.78 is 7.49. The molecular formula is C29H31N3O2. The predicted molar refractivity (Wildman–Crippen MR) is 137 cm³/mol. The molecule has 2 atom stereocenters. The summed E-state index contributed by atoms with van der Waals surface area (Å²) in [6, 6.07) is 17.2. The first-order chi connectivity index (χ1) is 16.1. The number of ether oxygens (including phenoxy) is 1. The van der Waals surface area contributed by atoms with Gasteiger partial charge in [-0.3, -0.25) is 0 Å². The normalized spacial score (nSPS) is 20.5. The summed E-state index contributed by atoms with van der Waals surface area (Å²) in [5, 5.41) is 6.05. The maximum atomic E-state index is 12.6. The minimum atomic E-state index is -0.401. The van der Waals surface area contributed by atoms with Crippen molar-refractivity contribution in [2.24, 2.45) is 5.92 Å². The Labute approximate surface area is 200 Å². The topological polar surface area (TPSA) is 56.2 Å². The van der Waals surface area contributed by atoms with Crippen molar-refractivity contribution in [1.29, 1.82) is 0 Å². The van der Waals surface area contributed by atoms with Crippen molar-refractivity contribution >= 4 is 33.5 Å². The minimum absolute atomic E-state index is 0.00639. The van der Waals surface area contributed by atoms with Gasteiger partial charge in [-0.05, 0) is 40.2 Å². The van der Waals surface area contributed by atoms with Gasteiger partial charge in [-0.15, -0.1) is 0 Å². The van der Waals surface area contributed by atoms with E-state index in [0.29, 0.717) is 5.69 Å². The third kappa shape index (κ3) is 2.79. The van der Waals surface area contributed by atoms with Crippen molar-refractivity contribution in [2.75, 3.05) is 12.4 Å². The lowest BCUT2D eigenvalue weighted by atomic mass is 9.64. The van der Waals surface area contributed by atoms with Gasteiger partial charge in [0.15, 0.2) is 0 Å². The number of hydrogen-bond donors (Lipinski definition) is 1. The molecule has 5 heteroatoms. The number of benzene rings is 2. The highest BCUT2D eigenvalue weighted by Gasteiger charge is 2.47. The lowest BCUT2D eigenvalue weighted by Crippen LogP contribution is -2.46. The second-order valence-corrected chi connectivity index (χ2v) is 11.4. The van der Waals surface area contributed by atoms with Gasteiger partial charge in [0.2, 0.25) is 0 Å². The number of nitrogens with zero attached hydrogens (tertiary/aromatic N) is 2. The van der Waals surface area contributed by atoms with E-state index >= 15 is 0 Å². The quantitative estimate of drug-likeness (QED) is 0.341. The van der Waals surface area contributed by atoms with E-state index < -0.39 is 5.97 Å². The second kappa shape index (κ2) is 6.84. The van der Waals surface area contributed by atoms with E-state index in [1.165, 1.54) is 23.8 Å². The van der Waals surface area contributed by atoms with E-state index in [0.717, 1.165) is 34.2 Å². The van der Waals surface area contributed by atoms with Crippen LogP contribution in [0.5, 0.6) is 0 Å². The van der Waals surface area contributed by atoms with Crippen molar-refractivity contribution in [2.45, 2.75) is 58.0 Å². The molecule has 2 aliphatic rings. The number of esters is 1. The van der Waals surface area contributed by atoms with Crippen LogP contribution >= 0.6 is 0 Å². The number of methoxy groups -OCH3 is 1. The summed E-state index contributed by atoms with van der Waals surface area (Å²) in [5.41, 5.74) is 7.44. The third-order valence-electron chi connectivity index (χ3n) is 8.06. The van der Waals surface area contributed by atoms with E-state index in [1.54, 1.807) is 0 Å². The van der Waals surface area contributed by atoms with Crippen molar-refractivity contribution in [3.8, 4) is 0 Å². The van der Waals surface area contributed by atoms with Crippen LogP contribution in [0.25, 0.3) is 21.8 Å². The fourth-order valence-corrected chi connectivity index (χ4v) is 6.06. The smallest absolute Gasteiger partial charge is 0.356 e. The van der Waals surface area contributed by atoms with Gasteiger partial charge in [-0.2, -0.15) is 0 Å². The minimum Gasteiger partial charge on any atom is -0.464 e. The Bertz CT molecular complexity index is 1490. The number of carbonyl (C=O) groups is 1. The van der Waals surface area contributed by atoms with Crippen molar-refractivity contribution in [3.05, 3.63) is 71.0 Å². The van der Waals surface area contributed by atoms with Crippen LogP contribution in [-0.2, 0) is 22.1 Å². The molecule has 0 aliphatic carbocycles. The zero-order valence-corrected chi connectivity index (χ0v) is 20.7. The molecule has 0 radical (unpaired) electrons. The lowest BCUT2D eigenvalue weighted by Gasteiger charge is -2.48. The fourth-order valence-electron chi connectivity index (χ4n) is 6.06. The zero-order valence-electron chi connectivity index (χ0n) is 20.7. The number of nitrogens with one attached hydrogen (secondary N) is 1. The number of fused-ring (bicyclic) bond motifs is 6. The first-order valence-electron chi connectivity index (χ1n) is 12.0. The molecule has 6 rings (SSSR count). The van der Waals surface area contributed by atoms with Crippen LogP contribution < -0.4 is 5.32 Å². The van der Waals surface area contributed by atoms with E-state index in [2.05, 4.69) is 87.0 Å². The molecule has 34 heavy (non-hydrogen) atoms. The molecule has 2 unspecified atom stereocenters. The Morgan fingerprint density at radius 2 is 1.88 bits per heavy atom. The molecule has 1 N–H and O–H groups in total. The average molecular weight is 454 g/mol. The highest BCUT2D eigenvalue weighted by molar-refractivity contribution is 6.11. The third-order valence-corrected chi connectivity index (χ3v) is 8.06. The summed E-state index contributed by atoms with van der Waals surface area (Å²) in [7, 11) is 1.41. The first kappa shape index (κ1) is 21.2. The number of para-hydroxylation sites is 1. The van der Waals surface area contributed by atoms with Crippen LogP contribution in [0, 0.1) is 5.92 Å². The maximum absolute atomic E-state index is 12.6. The maximum Gasteiger partial charge on any atom is 0.356 e. The molecule has 0 fully saturated rings. The van der Waals surface area contributed by atoms with Gasteiger partial charge in [0.1, 0.15) is 5.69 Å². The Kier molecular flexibility index (Phi) is 4.27. The Hall–Kier alpha value is -3.34. The van der Waals surface area contributed by atoms with Crippen LogP contribution in [0.1, 0.15) is 68.0 Å². The number of aromatic nitrogens is 2. The molecular weight excluding hydrogens is 422 g/mol. The molecule has 174 valence electrons. The van der Waals surface area contributed by atoms with Gasteiger partial charge in [0, 0.05) is 34.4 Å². The summed E-state index contributed by atoms with van der Waals surface area (Å²) >= 11 is 0. The summed E-state index contributed by atoms with van der Waals surface area (Å²) in [6.45, 7) is 12.4. The highest BCUT2D eigenvalue weighted by Crippen LogP contribution is 2.53. The average Bonchev–Trinajstić information content (AvgIpc) is 3.13. The molecule has 0 saturated carbocycles. The highest BCUT2D eigenvalue weighted by atomic mass is 16.5. The molecule has 2 aromatic carbocycles. The zero-order chi connectivity index (χ0) is 24.0. The Morgan fingerprint density at radius 1 is 1.12 bits per heavy atom. The van der Waals surface area contributed by atoms with E-state index in [1.807, 2.05) is 6.07 Å². The number of rotatable bonds is 1. The molecule has 0 saturated heterocycles. The Balaban J connectivity index is 1.63. The van der Waals surface area contributed by atoms with Crippen LogP contribution in [0.4, 0.5) is 5.69 Å². The second-order valence-electron chi connectivity index (χ2n) is 11.4. The summed E-state index contributed by atoms with van der Waals surface area (Å²) in [4.78, 5) is 17.5. The number of carbonyl (C=O) groups excluding carboxylic acids is 1. The van der Waals surface area contributed by atoms with Gasteiger partial charge < -0.3 is 14.6 Å². The molecule has 0 bridgehead atoms. The fraction of sp³-hybridized carbons (Fsp3) is 0.379. The van der Waals surface area contributed by atoms with Crippen LogP contribution in [-0.4, -0.2) is 22.6 Å². The van der Waals surface area contributed by atoms with Gasteiger partial charge in [-0.25, -0.2) is 9.78 Å². The number of hydrogen-bond acceptors (Lipinski definition) is 4. The largest absolute Gasteiger partial charge is 0.464 e. The van der Waals surface area contributed by atoms with Crippen LogP contribution in [0.15, 0.2) is 48.5 Å². The van der Waals surface area contributed by atoms with E-state index in [-0.39, 0.29) is 22.8 Å². The van der Waals surface area contributed by atoms with Gasteiger partial charge in [0.25, 0.3) is 0 Å². The van der Waals surface area contributed by atoms with E-state index in [4.69, 9.17) is 9.72 Å². The van der Waals surface area contributed by atoms with Gasteiger partial charge in [-0.1, -0.05) is 65.0 Å². The molecule has 5 nitrogen and oxygen atoms in total. The summed E-state index contributed by atoms with van der Waals surface area (Å²) in [5.74, 6) is -0.135. The van der Waals surface area contributed by atoms with E-state index in [9.17, 15) is 4.79 Å². The van der Waals surface area contributed by atoms with Crippen molar-refractivity contribution < 1.29 is 9.53 Å². The summed E-state index contributed by atoms with van der Waals surface area (Å²) in [6.07, 6.45) is 0. The predicted octanol–water partition coefficient (Wildman–Crippen LogP) is 6.35. The lowest BCUT2D eigenvalue weighted by molar-refractivity contribution is 0.0593. The molecule has 4 aromatic rings. The molecule has 4 heterocycles. The molecule has 0 spiro atoms.